The van der Waals surface area contributed by atoms with Gasteiger partial charge in [0.1, 0.15) is 6.10 Å². The maximum Gasteiger partial charge on any atom is 0.163 e. The summed E-state index contributed by atoms with van der Waals surface area (Å²) in [4.78, 5) is 0. The minimum absolute atomic E-state index is 0.127. The molecule has 0 bridgehead atoms. The van der Waals surface area contributed by atoms with E-state index in [1.807, 2.05) is 26.0 Å². The van der Waals surface area contributed by atoms with Crippen molar-refractivity contribution in [1.29, 1.82) is 5.26 Å². The number of hydrogen-bond donors (Lipinski definition) is 0. The van der Waals surface area contributed by atoms with E-state index in [1.54, 1.807) is 0 Å². The number of hydrogen-bond acceptors (Lipinski definition) is 3. The van der Waals surface area contributed by atoms with E-state index in [9.17, 15) is 5.26 Å². The van der Waals surface area contributed by atoms with Gasteiger partial charge in [-0.15, -0.1) is 0 Å². The summed E-state index contributed by atoms with van der Waals surface area (Å²) < 4.78 is 11.3. The normalized spacial score (nSPS) is 29.6. The zero-order chi connectivity index (χ0) is 11.6. The van der Waals surface area contributed by atoms with E-state index in [2.05, 4.69) is 12.1 Å². The Labute approximate surface area is 96.3 Å². The fraction of sp³-hybridized carbons (Fsp3) is 0.615. The van der Waals surface area contributed by atoms with Gasteiger partial charge < -0.3 is 9.47 Å². The molecule has 2 rings (SSSR count). The topological polar surface area (TPSA) is 42.2 Å². The molecular weight excluding hydrogens is 202 g/mol. The van der Waals surface area contributed by atoms with Crippen molar-refractivity contribution in [3.63, 3.8) is 0 Å². The first kappa shape index (κ1) is 11.4. The summed E-state index contributed by atoms with van der Waals surface area (Å²) in [5.41, 5.74) is 1.16. The summed E-state index contributed by atoms with van der Waals surface area (Å²) in [6, 6.07) is 2.34. The number of nitriles is 1. The van der Waals surface area contributed by atoms with Crippen LogP contribution in [0.25, 0.3) is 0 Å². The molecule has 0 aromatic carbocycles. The van der Waals surface area contributed by atoms with Crippen molar-refractivity contribution < 1.29 is 9.47 Å². The van der Waals surface area contributed by atoms with Crippen LogP contribution in [-0.4, -0.2) is 18.5 Å². The van der Waals surface area contributed by atoms with Gasteiger partial charge in [-0.3, -0.25) is 0 Å². The standard InChI is InChI=1S/C13H17NO2/c1-13(2)15-9-12(16-13)11(8-14)10-6-4-3-5-7-10/h3-4,6,11-12H,5,7,9H2,1-2H3. The van der Waals surface area contributed by atoms with Gasteiger partial charge in [0.15, 0.2) is 5.79 Å². The highest BCUT2D eigenvalue weighted by Gasteiger charge is 2.38. The number of rotatable bonds is 2. The lowest BCUT2D eigenvalue weighted by Gasteiger charge is -2.22. The zero-order valence-corrected chi connectivity index (χ0v) is 9.77. The van der Waals surface area contributed by atoms with Crippen molar-refractivity contribution in [3.05, 3.63) is 23.8 Å². The van der Waals surface area contributed by atoms with Gasteiger partial charge in [0.05, 0.1) is 18.6 Å². The van der Waals surface area contributed by atoms with Crippen molar-refractivity contribution in [3.8, 4) is 6.07 Å². The Hall–Kier alpha value is -1.11. The van der Waals surface area contributed by atoms with Crippen LogP contribution in [0.5, 0.6) is 0 Å². The molecule has 1 heterocycles. The highest BCUT2D eigenvalue weighted by atomic mass is 16.7. The first-order chi connectivity index (χ1) is 7.62. The fourth-order valence-corrected chi connectivity index (χ4v) is 2.16. The van der Waals surface area contributed by atoms with E-state index in [-0.39, 0.29) is 12.0 Å². The molecule has 0 N–H and O–H groups in total. The minimum atomic E-state index is -0.551. The second kappa shape index (κ2) is 4.40. The molecule has 1 fully saturated rings. The molecule has 0 aromatic rings. The van der Waals surface area contributed by atoms with E-state index in [0.717, 1.165) is 18.4 Å². The predicted octanol–water partition coefficient (Wildman–Crippen LogP) is 2.55. The Morgan fingerprint density at radius 2 is 2.38 bits per heavy atom. The van der Waals surface area contributed by atoms with Gasteiger partial charge >= 0.3 is 0 Å². The Balaban J connectivity index is 2.09. The molecular formula is C13H17NO2. The smallest absolute Gasteiger partial charge is 0.163 e. The molecule has 0 saturated carbocycles. The summed E-state index contributed by atoms with van der Waals surface area (Å²) in [6.07, 6.45) is 8.01. The Kier molecular flexibility index (Phi) is 3.13. The zero-order valence-electron chi connectivity index (χ0n) is 9.77. The van der Waals surface area contributed by atoms with E-state index in [4.69, 9.17) is 9.47 Å². The third kappa shape index (κ3) is 2.34. The van der Waals surface area contributed by atoms with Crippen LogP contribution >= 0.6 is 0 Å². The minimum Gasteiger partial charge on any atom is -0.348 e. The number of ether oxygens (including phenoxy) is 2. The molecule has 3 heteroatoms. The summed E-state index contributed by atoms with van der Waals surface area (Å²) in [5, 5.41) is 9.26. The van der Waals surface area contributed by atoms with Crippen LogP contribution in [0.4, 0.5) is 0 Å². The van der Waals surface area contributed by atoms with Gasteiger partial charge in [-0.2, -0.15) is 5.26 Å². The monoisotopic (exact) mass is 219 g/mol. The van der Waals surface area contributed by atoms with Crippen molar-refractivity contribution in [1.82, 2.24) is 0 Å². The third-order valence-electron chi connectivity index (χ3n) is 2.99. The fourth-order valence-electron chi connectivity index (χ4n) is 2.16. The van der Waals surface area contributed by atoms with E-state index in [1.165, 1.54) is 0 Å². The second-order valence-electron chi connectivity index (χ2n) is 4.68. The Bertz CT molecular complexity index is 363. The molecule has 2 atom stereocenters. The Morgan fingerprint density at radius 1 is 1.56 bits per heavy atom. The van der Waals surface area contributed by atoms with Gasteiger partial charge in [0.25, 0.3) is 0 Å². The van der Waals surface area contributed by atoms with Crippen molar-refractivity contribution >= 4 is 0 Å². The Morgan fingerprint density at radius 3 is 2.88 bits per heavy atom. The molecule has 2 aliphatic rings. The summed E-state index contributed by atoms with van der Waals surface area (Å²) in [7, 11) is 0. The van der Waals surface area contributed by atoms with Crippen molar-refractivity contribution in [2.24, 2.45) is 5.92 Å². The molecule has 16 heavy (non-hydrogen) atoms. The van der Waals surface area contributed by atoms with Crippen LogP contribution in [0.3, 0.4) is 0 Å². The first-order valence-electron chi connectivity index (χ1n) is 5.69. The van der Waals surface area contributed by atoms with Gasteiger partial charge in [0, 0.05) is 0 Å². The average molecular weight is 219 g/mol. The summed E-state index contributed by atoms with van der Waals surface area (Å²) in [5.74, 6) is -0.725. The highest BCUT2D eigenvalue weighted by molar-refractivity contribution is 5.25. The third-order valence-corrected chi connectivity index (χ3v) is 2.99. The van der Waals surface area contributed by atoms with Crippen LogP contribution in [0.1, 0.15) is 26.7 Å². The van der Waals surface area contributed by atoms with Crippen LogP contribution in [0.2, 0.25) is 0 Å². The lowest BCUT2D eigenvalue weighted by atomic mass is 9.89. The molecule has 0 aromatic heterocycles. The molecule has 86 valence electrons. The van der Waals surface area contributed by atoms with E-state index >= 15 is 0 Å². The average Bonchev–Trinajstić information content (AvgIpc) is 2.62. The largest absolute Gasteiger partial charge is 0.348 e. The molecule has 0 radical (unpaired) electrons. The van der Waals surface area contributed by atoms with Crippen LogP contribution in [0.15, 0.2) is 23.8 Å². The van der Waals surface area contributed by atoms with Gasteiger partial charge in [-0.25, -0.2) is 0 Å². The summed E-state index contributed by atoms with van der Waals surface area (Å²) >= 11 is 0. The molecule has 1 aliphatic heterocycles. The van der Waals surface area contributed by atoms with Gasteiger partial charge in [-0.1, -0.05) is 23.8 Å². The molecule has 0 spiro atoms. The lowest BCUT2D eigenvalue weighted by molar-refractivity contribution is -0.140. The van der Waals surface area contributed by atoms with Crippen LogP contribution in [-0.2, 0) is 9.47 Å². The maximum absolute atomic E-state index is 9.26. The van der Waals surface area contributed by atoms with Crippen molar-refractivity contribution in [2.45, 2.75) is 38.6 Å². The van der Waals surface area contributed by atoms with Crippen molar-refractivity contribution in [2.75, 3.05) is 6.61 Å². The maximum atomic E-state index is 9.26. The first-order valence-corrected chi connectivity index (χ1v) is 5.69. The number of allylic oxidation sites excluding steroid dienone is 3. The number of nitrogens with zero attached hydrogens (tertiary/aromatic N) is 1. The van der Waals surface area contributed by atoms with E-state index in [0.29, 0.717) is 6.61 Å². The predicted molar refractivity (Wildman–Crippen MR) is 60.5 cm³/mol. The van der Waals surface area contributed by atoms with Crippen LogP contribution < -0.4 is 0 Å². The molecule has 1 aliphatic carbocycles. The van der Waals surface area contributed by atoms with E-state index < -0.39 is 5.79 Å². The summed E-state index contributed by atoms with van der Waals surface area (Å²) in [6.45, 7) is 4.28. The second-order valence-corrected chi connectivity index (χ2v) is 4.68. The quantitative estimate of drug-likeness (QED) is 0.716. The molecule has 0 amide bonds. The molecule has 1 saturated heterocycles. The SMILES string of the molecule is CC1(C)OCC(C(C#N)C2=CC=CCC2)O1. The molecule has 2 unspecified atom stereocenters. The van der Waals surface area contributed by atoms with Gasteiger partial charge in [0.2, 0.25) is 0 Å². The molecule has 3 nitrogen and oxygen atoms in total. The van der Waals surface area contributed by atoms with Crippen LogP contribution in [0, 0.1) is 17.2 Å². The lowest BCUT2D eigenvalue weighted by Crippen LogP contribution is -2.27. The highest BCUT2D eigenvalue weighted by Crippen LogP contribution is 2.32. The van der Waals surface area contributed by atoms with Gasteiger partial charge in [-0.05, 0) is 26.7 Å².